The van der Waals surface area contributed by atoms with Crippen molar-refractivity contribution in [2.75, 3.05) is 0 Å². The summed E-state index contributed by atoms with van der Waals surface area (Å²) in [5.74, 6) is 0.613. The van der Waals surface area contributed by atoms with E-state index in [4.69, 9.17) is 4.74 Å². The highest BCUT2D eigenvalue weighted by molar-refractivity contribution is 6.08. The van der Waals surface area contributed by atoms with Gasteiger partial charge in [-0.05, 0) is 23.8 Å². The molecule has 1 aliphatic rings. The number of aromatic nitrogens is 3. The van der Waals surface area contributed by atoms with Crippen LogP contribution in [0, 0.1) is 0 Å². The summed E-state index contributed by atoms with van der Waals surface area (Å²) in [6.45, 7) is 0. The Labute approximate surface area is 150 Å². The number of nitrogens with zero attached hydrogens (tertiary/aromatic N) is 3. The number of rotatable bonds is 3. The third-order valence-electron chi connectivity index (χ3n) is 5.24. The molecule has 5 nitrogen and oxygen atoms in total. The first kappa shape index (κ1) is 15.3. The summed E-state index contributed by atoms with van der Waals surface area (Å²) in [7, 11) is 2.08. The van der Waals surface area contributed by atoms with Crippen LogP contribution in [0.3, 0.4) is 0 Å². The largest absolute Gasteiger partial charge is 0.474 e. The van der Waals surface area contributed by atoms with Crippen LogP contribution in [-0.2, 0) is 7.05 Å². The maximum Gasteiger partial charge on any atom is 0.213 e. The molecule has 0 bridgehead atoms. The molecular weight excluding hydrogens is 326 g/mol. The number of pyridine rings is 2. The molecule has 5 rings (SSSR count). The molecule has 5 heteroatoms. The van der Waals surface area contributed by atoms with Gasteiger partial charge in [-0.15, -0.1) is 0 Å². The van der Waals surface area contributed by atoms with Crippen LogP contribution in [0.25, 0.3) is 32.9 Å². The standard InChI is InChI=1S/C21H19N3O2/c1-24-19-6-7-22-12-18(19)17-4-2-13(8-20(17)24)14-3-5-21(23-11-14)26-16-9-15(25)10-16/h2-8,11-12,15-16,25H,9-10H2,1H3. The monoisotopic (exact) mass is 345 g/mol. The van der Waals surface area contributed by atoms with Crippen molar-refractivity contribution in [3.63, 3.8) is 0 Å². The molecule has 4 aromatic rings. The van der Waals surface area contributed by atoms with Crippen LogP contribution in [0.2, 0.25) is 0 Å². The number of aryl methyl sites for hydroxylation is 1. The van der Waals surface area contributed by atoms with Gasteiger partial charge in [0.05, 0.1) is 11.6 Å². The maximum absolute atomic E-state index is 9.34. The fourth-order valence-electron chi connectivity index (χ4n) is 3.66. The Morgan fingerprint density at radius 2 is 1.85 bits per heavy atom. The second-order valence-corrected chi connectivity index (χ2v) is 6.93. The minimum Gasteiger partial charge on any atom is -0.474 e. The normalized spacial score (nSPS) is 19.6. The molecule has 0 unspecified atom stereocenters. The molecule has 26 heavy (non-hydrogen) atoms. The zero-order valence-corrected chi connectivity index (χ0v) is 14.5. The molecule has 1 aromatic carbocycles. The summed E-state index contributed by atoms with van der Waals surface area (Å²) in [6.07, 6.45) is 6.84. The number of hydrogen-bond donors (Lipinski definition) is 1. The Morgan fingerprint density at radius 1 is 1.00 bits per heavy atom. The third kappa shape index (κ3) is 2.44. The van der Waals surface area contributed by atoms with E-state index in [0.29, 0.717) is 18.7 Å². The lowest BCUT2D eigenvalue weighted by Crippen LogP contribution is -2.37. The smallest absolute Gasteiger partial charge is 0.213 e. The fraction of sp³-hybridized carbons (Fsp3) is 0.238. The van der Waals surface area contributed by atoms with Crippen LogP contribution in [0.15, 0.2) is 55.0 Å². The molecule has 1 aliphatic carbocycles. The van der Waals surface area contributed by atoms with Crippen molar-refractivity contribution >= 4 is 21.8 Å². The summed E-state index contributed by atoms with van der Waals surface area (Å²) < 4.78 is 7.96. The highest BCUT2D eigenvalue weighted by Crippen LogP contribution is 2.32. The van der Waals surface area contributed by atoms with Crippen molar-refractivity contribution in [2.24, 2.45) is 7.05 Å². The minimum absolute atomic E-state index is 0.0871. The summed E-state index contributed by atoms with van der Waals surface area (Å²) in [5, 5.41) is 11.7. The van der Waals surface area contributed by atoms with Crippen LogP contribution >= 0.6 is 0 Å². The molecule has 1 fully saturated rings. The topological polar surface area (TPSA) is 60.2 Å². The number of hydrogen-bond acceptors (Lipinski definition) is 4. The van der Waals surface area contributed by atoms with Gasteiger partial charge in [0.25, 0.3) is 0 Å². The second kappa shape index (κ2) is 5.81. The Hall–Kier alpha value is -2.92. The zero-order chi connectivity index (χ0) is 17.7. The molecule has 3 heterocycles. The highest BCUT2D eigenvalue weighted by Gasteiger charge is 2.29. The highest BCUT2D eigenvalue weighted by atomic mass is 16.5. The Bertz CT molecular complexity index is 1100. The van der Waals surface area contributed by atoms with Gasteiger partial charge in [0.2, 0.25) is 5.88 Å². The first-order valence-corrected chi connectivity index (χ1v) is 8.82. The van der Waals surface area contributed by atoms with E-state index in [0.717, 1.165) is 11.1 Å². The van der Waals surface area contributed by atoms with Gasteiger partial charge in [0, 0.05) is 66.4 Å². The summed E-state index contributed by atoms with van der Waals surface area (Å²) in [6, 6.07) is 12.4. The van der Waals surface area contributed by atoms with E-state index in [9.17, 15) is 5.11 Å². The molecule has 0 saturated heterocycles. The second-order valence-electron chi connectivity index (χ2n) is 6.93. The van der Waals surface area contributed by atoms with E-state index in [1.165, 1.54) is 21.8 Å². The van der Waals surface area contributed by atoms with Crippen LogP contribution < -0.4 is 4.74 Å². The van der Waals surface area contributed by atoms with Crippen molar-refractivity contribution < 1.29 is 9.84 Å². The minimum atomic E-state index is -0.220. The first-order chi connectivity index (χ1) is 12.7. The molecule has 3 aromatic heterocycles. The molecule has 1 N–H and O–H groups in total. The lowest BCUT2D eigenvalue weighted by atomic mass is 9.92. The zero-order valence-electron chi connectivity index (χ0n) is 14.5. The number of aliphatic hydroxyl groups excluding tert-OH is 1. The van der Waals surface area contributed by atoms with Gasteiger partial charge in [0.15, 0.2) is 0 Å². The van der Waals surface area contributed by atoms with Crippen LogP contribution in [0.4, 0.5) is 0 Å². The molecule has 0 aliphatic heterocycles. The molecular formula is C21H19N3O2. The summed E-state index contributed by atoms with van der Waals surface area (Å²) >= 11 is 0. The van der Waals surface area contributed by atoms with E-state index in [1.54, 1.807) is 0 Å². The van der Waals surface area contributed by atoms with Crippen LogP contribution in [-0.4, -0.2) is 31.8 Å². The molecule has 1 saturated carbocycles. The molecule has 0 atom stereocenters. The van der Waals surface area contributed by atoms with Crippen molar-refractivity contribution in [3.05, 3.63) is 55.0 Å². The maximum atomic E-state index is 9.34. The lowest BCUT2D eigenvalue weighted by Gasteiger charge is -2.31. The third-order valence-corrected chi connectivity index (χ3v) is 5.24. The Morgan fingerprint density at radius 3 is 2.62 bits per heavy atom. The van der Waals surface area contributed by atoms with Gasteiger partial charge in [0.1, 0.15) is 6.10 Å². The van der Waals surface area contributed by atoms with E-state index in [2.05, 4.69) is 39.8 Å². The number of benzene rings is 1. The number of fused-ring (bicyclic) bond motifs is 3. The van der Waals surface area contributed by atoms with Crippen molar-refractivity contribution in [1.29, 1.82) is 0 Å². The fourth-order valence-corrected chi connectivity index (χ4v) is 3.66. The molecule has 130 valence electrons. The first-order valence-electron chi connectivity index (χ1n) is 8.82. The van der Waals surface area contributed by atoms with E-state index >= 15 is 0 Å². The number of ether oxygens (including phenoxy) is 1. The summed E-state index contributed by atoms with van der Waals surface area (Å²) in [4.78, 5) is 8.68. The van der Waals surface area contributed by atoms with Crippen LogP contribution in [0.5, 0.6) is 5.88 Å². The number of aliphatic hydroxyl groups is 1. The van der Waals surface area contributed by atoms with Crippen molar-refractivity contribution in [1.82, 2.24) is 14.5 Å². The van der Waals surface area contributed by atoms with Gasteiger partial charge < -0.3 is 14.4 Å². The molecule has 0 radical (unpaired) electrons. The Balaban J connectivity index is 1.48. The predicted molar refractivity (Wildman–Crippen MR) is 101 cm³/mol. The summed E-state index contributed by atoms with van der Waals surface area (Å²) in [5.41, 5.74) is 4.52. The van der Waals surface area contributed by atoms with Crippen molar-refractivity contribution in [3.8, 4) is 17.0 Å². The van der Waals surface area contributed by atoms with Crippen molar-refractivity contribution in [2.45, 2.75) is 25.0 Å². The predicted octanol–water partition coefficient (Wildman–Crippen LogP) is 3.69. The van der Waals surface area contributed by atoms with E-state index in [-0.39, 0.29) is 12.2 Å². The SMILES string of the molecule is Cn1c2ccncc2c2ccc(-c3ccc(OC4CC(O)C4)nc3)cc21. The van der Waals surface area contributed by atoms with E-state index < -0.39 is 0 Å². The average Bonchev–Trinajstić information content (AvgIpc) is 2.94. The van der Waals surface area contributed by atoms with E-state index in [1.807, 2.05) is 36.8 Å². The lowest BCUT2D eigenvalue weighted by molar-refractivity contribution is -0.0128. The van der Waals surface area contributed by atoms with Gasteiger partial charge >= 0.3 is 0 Å². The quantitative estimate of drug-likeness (QED) is 0.615. The van der Waals surface area contributed by atoms with Gasteiger partial charge in [-0.3, -0.25) is 4.98 Å². The van der Waals surface area contributed by atoms with Gasteiger partial charge in [-0.25, -0.2) is 4.98 Å². The van der Waals surface area contributed by atoms with Crippen LogP contribution in [0.1, 0.15) is 12.8 Å². The van der Waals surface area contributed by atoms with Gasteiger partial charge in [-0.1, -0.05) is 12.1 Å². The molecule has 0 amide bonds. The van der Waals surface area contributed by atoms with Gasteiger partial charge in [-0.2, -0.15) is 0 Å². The Kier molecular flexibility index (Phi) is 3.43. The average molecular weight is 345 g/mol. The molecule has 0 spiro atoms.